The van der Waals surface area contributed by atoms with Gasteiger partial charge in [0.25, 0.3) is 0 Å². The lowest BCUT2D eigenvalue weighted by atomic mass is 11.2. The van der Waals surface area contributed by atoms with E-state index in [2.05, 4.69) is 0 Å². The van der Waals surface area contributed by atoms with Crippen LogP contribution in [0.25, 0.3) is 0 Å². The number of carbonyl (C=O) groups is 1. The summed E-state index contributed by atoms with van der Waals surface area (Å²) in [5.74, 6) is 0. The van der Waals surface area contributed by atoms with E-state index in [-0.39, 0.29) is 5.03 Å². The summed E-state index contributed by atoms with van der Waals surface area (Å²) in [6, 6.07) is 0. The molecule has 0 aromatic rings. The van der Waals surface area contributed by atoms with Crippen molar-refractivity contribution >= 4 is 22.6 Å². The van der Waals surface area contributed by atoms with Gasteiger partial charge in [0.1, 0.15) is 0 Å². The molecule has 1 nitrogen and oxygen atoms in total. The molecule has 66 valence electrons. The summed E-state index contributed by atoms with van der Waals surface area (Å²) in [7, 11) is -2.81. The molecule has 0 aliphatic rings. The van der Waals surface area contributed by atoms with Crippen molar-refractivity contribution < 1.29 is 13.6 Å². The summed E-state index contributed by atoms with van der Waals surface area (Å²) >= 11 is 0. The van der Waals surface area contributed by atoms with E-state index in [1.807, 2.05) is 0 Å². The molecule has 0 atom stereocenters. The number of carbonyl (C=O) groups excluding carboxylic acids is 1. The van der Waals surface area contributed by atoms with Crippen LogP contribution in [0.3, 0.4) is 0 Å². The maximum atomic E-state index is 11.7. The first-order valence-corrected chi connectivity index (χ1v) is 7.54. The maximum absolute atomic E-state index is 11.7. The van der Waals surface area contributed by atoms with Gasteiger partial charge < -0.3 is 4.79 Å². The van der Waals surface area contributed by atoms with Gasteiger partial charge in [0.05, 0.1) is 17.7 Å². The summed E-state index contributed by atoms with van der Waals surface area (Å²) in [6.07, 6.45) is 0.779. The van der Waals surface area contributed by atoms with Gasteiger partial charge in [-0.2, -0.15) is 0 Å². The van der Waals surface area contributed by atoms with Crippen molar-refractivity contribution in [3.8, 4) is 0 Å². The predicted octanol–water partition coefficient (Wildman–Crippen LogP) is 2.56. The molecule has 0 aromatic heterocycles. The minimum Gasteiger partial charge on any atom is -0.311 e. The Morgan fingerprint density at radius 1 is 1.08 bits per heavy atom. The van der Waals surface area contributed by atoms with Crippen LogP contribution in [-0.4, -0.2) is 22.6 Å². The Kier molecular flexibility index (Phi) is 5.74. The van der Waals surface area contributed by atoms with Gasteiger partial charge >= 0.3 is 0 Å². The highest BCUT2D eigenvalue weighted by Crippen LogP contribution is 1.97. The van der Waals surface area contributed by atoms with Crippen LogP contribution in [0.2, 0.25) is 13.1 Å². The van der Waals surface area contributed by atoms with Gasteiger partial charge in [-0.15, -0.1) is 0 Å². The normalized spacial score (nSPS) is 12.5. The van der Waals surface area contributed by atoms with E-state index in [1.165, 1.54) is 11.4 Å². The molecule has 0 spiro atoms. The fourth-order valence-corrected chi connectivity index (χ4v) is 4.32. The third-order valence-electron chi connectivity index (χ3n) is 1.34. The molecule has 0 bridgehead atoms. The number of rotatable bonds is 4. The highest BCUT2D eigenvalue weighted by molar-refractivity contribution is 7.20. The van der Waals surface area contributed by atoms with E-state index in [0.29, 0.717) is 12.7 Å². The first kappa shape index (κ1) is 11.4. The summed E-state index contributed by atoms with van der Waals surface area (Å²) in [4.78, 5) is 11.3. The van der Waals surface area contributed by atoms with Crippen LogP contribution in [0.4, 0.5) is 13.6 Å². The largest absolute Gasteiger partial charge is 0.311 e. The van der Waals surface area contributed by atoms with Gasteiger partial charge in [-0.3, -0.25) is 0 Å². The van der Waals surface area contributed by atoms with Gasteiger partial charge in [0.15, 0.2) is 17.6 Å². The van der Waals surface area contributed by atoms with Crippen LogP contribution in [-0.2, 0) is 0 Å². The fraction of sp³-hybridized carbons (Fsp3) is 0.286. The molecular formula is C7H10F2OSi2. The lowest BCUT2D eigenvalue weighted by Gasteiger charge is -2.04. The molecule has 0 saturated carbocycles. The van der Waals surface area contributed by atoms with Crippen molar-refractivity contribution in [2.45, 2.75) is 13.1 Å². The molecule has 0 aliphatic carbocycles. The van der Waals surface area contributed by atoms with Gasteiger partial charge in [0, 0.05) is 0 Å². The topological polar surface area (TPSA) is 17.1 Å². The van der Waals surface area contributed by atoms with Crippen molar-refractivity contribution in [3.05, 3.63) is 24.1 Å². The van der Waals surface area contributed by atoms with Crippen LogP contribution < -0.4 is 0 Å². The molecule has 0 rings (SSSR count). The average molecular weight is 204 g/mol. The quantitative estimate of drug-likeness (QED) is 0.643. The number of hydrogen-bond donors (Lipinski definition) is 0. The third kappa shape index (κ3) is 3.73. The Morgan fingerprint density at radius 2 is 1.42 bits per heavy atom. The van der Waals surface area contributed by atoms with E-state index >= 15 is 0 Å². The van der Waals surface area contributed by atoms with Crippen LogP contribution in [0.5, 0.6) is 0 Å². The van der Waals surface area contributed by atoms with Crippen LogP contribution in [0.15, 0.2) is 24.1 Å². The maximum Gasteiger partial charge on any atom is 0.153 e. The van der Waals surface area contributed by atoms with Crippen LogP contribution >= 0.6 is 0 Å². The van der Waals surface area contributed by atoms with Crippen molar-refractivity contribution in [3.63, 3.8) is 0 Å². The molecule has 12 heavy (non-hydrogen) atoms. The Labute approximate surface area is 74.0 Å². The lowest BCUT2D eigenvalue weighted by Crippen LogP contribution is -2.31. The minimum absolute atomic E-state index is 0.00722. The van der Waals surface area contributed by atoms with E-state index in [4.69, 9.17) is 0 Å². The smallest absolute Gasteiger partial charge is 0.153 e. The zero-order chi connectivity index (χ0) is 9.56. The second-order valence-electron chi connectivity index (χ2n) is 2.28. The summed E-state index contributed by atoms with van der Waals surface area (Å²) in [5, 5.41) is 0.00722. The molecule has 0 heterocycles. The average Bonchev–Trinajstić information content (AvgIpc) is 2.04. The SMILES string of the molecule is C[Si](C=CF)C(=O)[Si](C)C=CF. The van der Waals surface area contributed by atoms with Crippen molar-refractivity contribution in [1.29, 1.82) is 0 Å². The van der Waals surface area contributed by atoms with Gasteiger partial charge in [-0.05, 0) is 0 Å². The molecule has 0 unspecified atom stereocenters. The molecule has 2 radical (unpaired) electrons. The van der Waals surface area contributed by atoms with E-state index in [0.717, 1.165) is 0 Å². The zero-order valence-corrected chi connectivity index (χ0v) is 8.97. The summed E-state index contributed by atoms with van der Waals surface area (Å²) < 4.78 is 23.3. The predicted molar refractivity (Wildman–Crippen MR) is 49.1 cm³/mol. The van der Waals surface area contributed by atoms with Crippen molar-refractivity contribution in [2.75, 3.05) is 0 Å². The number of halogens is 2. The Morgan fingerprint density at radius 3 is 1.67 bits per heavy atom. The van der Waals surface area contributed by atoms with Crippen molar-refractivity contribution in [1.82, 2.24) is 0 Å². The lowest BCUT2D eigenvalue weighted by molar-refractivity contribution is 0.273. The first-order chi connectivity index (χ1) is 5.63. The van der Waals surface area contributed by atoms with E-state index in [1.54, 1.807) is 13.1 Å². The first-order valence-electron chi connectivity index (χ1n) is 3.38. The highest BCUT2D eigenvalue weighted by atomic mass is 28.3. The Balaban J connectivity index is 4.18. The molecule has 5 heteroatoms. The third-order valence-corrected chi connectivity index (χ3v) is 6.39. The second kappa shape index (κ2) is 6.02. The highest BCUT2D eigenvalue weighted by Gasteiger charge is 2.18. The summed E-state index contributed by atoms with van der Waals surface area (Å²) in [5.41, 5.74) is 2.54. The van der Waals surface area contributed by atoms with E-state index in [9.17, 15) is 13.6 Å². The second-order valence-corrected chi connectivity index (χ2v) is 7.09. The summed E-state index contributed by atoms with van der Waals surface area (Å²) in [6.45, 7) is 3.40. The standard InChI is InChI=1S/C7H10F2OSi2/c1-11(5-3-8)7(10)12(2)6-4-9/h3-6H,1-2H3. The molecule has 0 amide bonds. The molecule has 0 aromatic carbocycles. The molecular weight excluding hydrogens is 194 g/mol. The number of hydrogen-bond acceptors (Lipinski definition) is 1. The molecule has 0 fully saturated rings. The Bertz CT molecular complexity index is 184. The fourth-order valence-electron chi connectivity index (χ4n) is 0.651. The van der Waals surface area contributed by atoms with Crippen molar-refractivity contribution in [2.24, 2.45) is 0 Å². The van der Waals surface area contributed by atoms with Gasteiger partial charge in [0.2, 0.25) is 0 Å². The zero-order valence-electron chi connectivity index (χ0n) is 6.97. The Hall–Kier alpha value is -0.556. The van der Waals surface area contributed by atoms with Gasteiger partial charge in [-0.25, -0.2) is 8.78 Å². The minimum atomic E-state index is -1.41. The van der Waals surface area contributed by atoms with Gasteiger partial charge in [-0.1, -0.05) is 24.5 Å². The molecule has 0 aliphatic heterocycles. The molecule has 0 saturated heterocycles. The monoisotopic (exact) mass is 204 g/mol. The van der Waals surface area contributed by atoms with Crippen LogP contribution in [0.1, 0.15) is 0 Å². The van der Waals surface area contributed by atoms with Crippen LogP contribution in [0, 0.1) is 0 Å². The molecule has 0 N–H and O–H groups in total. The van der Waals surface area contributed by atoms with E-state index < -0.39 is 17.6 Å².